The third-order valence-electron chi connectivity index (χ3n) is 7.86. The van der Waals surface area contributed by atoms with Crippen molar-refractivity contribution in [1.82, 2.24) is 14.9 Å². The van der Waals surface area contributed by atoms with Gasteiger partial charge in [0, 0.05) is 37.5 Å². The van der Waals surface area contributed by atoms with Gasteiger partial charge in [0.1, 0.15) is 6.04 Å². The van der Waals surface area contributed by atoms with E-state index < -0.39 is 16.1 Å². The maximum atomic E-state index is 14.0. The first-order valence-corrected chi connectivity index (χ1v) is 17.2. The monoisotopic (exact) mass is 635 g/mol. The second-order valence-electron chi connectivity index (χ2n) is 11.1. The van der Waals surface area contributed by atoms with Gasteiger partial charge in [-0.3, -0.25) is 9.59 Å². The Morgan fingerprint density at radius 2 is 1.59 bits per heavy atom. The number of benzene rings is 3. The van der Waals surface area contributed by atoms with Crippen LogP contribution in [0.3, 0.4) is 0 Å². The number of allylic oxidation sites excluding steroid dienone is 1. The molecule has 0 saturated carbocycles. The average molecular weight is 636 g/mol. The molecule has 0 aliphatic heterocycles. The zero-order valence-electron chi connectivity index (χ0n) is 25.3. The lowest BCUT2D eigenvalue weighted by Crippen LogP contribution is -2.50. The van der Waals surface area contributed by atoms with Crippen LogP contribution in [-0.4, -0.2) is 44.3 Å². The van der Waals surface area contributed by atoms with Gasteiger partial charge >= 0.3 is 0 Å². The molecule has 0 fully saturated rings. The summed E-state index contributed by atoms with van der Waals surface area (Å²) >= 11 is 6.14. The highest BCUT2D eigenvalue weighted by Gasteiger charge is 2.30. The van der Waals surface area contributed by atoms with Crippen molar-refractivity contribution >= 4 is 33.4 Å². The molecule has 234 valence electrons. The van der Waals surface area contributed by atoms with Crippen LogP contribution in [0.5, 0.6) is 0 Å². The number of carbonyl (C=O) groups is 2. The molecule has 2 amide bonds. The fraction of sp³-hybridized carbons (Fsp3) is 0.371. The van der Waals surface area contributed by atoms with E-state index in [4.69, 9.17) is 11.6 Å². The number of hydrogen-bond acceptors (Lipinski definition) is 4. The minimum absolute atomic E-state index is 0.157. The topological polar surface area (TPSA) is 95.6 Å². The fourth-order valence-corrected chi connectivity index (χ4v) is 6.61. The number of hydrogen-bond donors (Lipinski definition) is 2. The molecule has 0 spiro atoms. The lowest BCUT2D eigenvalue weighted by molar-refractivity contribution is -0.141. The van der Waals surface area contributed by atoms with Crippen LogP contribution in [0.4, 0.5) is 0 Å². The van der Waals surface area contributed by atoms with Crippen molar-refractivity contribution in [3.05, 3.63) is 112 Å². The van der Waals surface area contributed by atoms with Gasteiger partial charge in [0.25, 0.3) is 0 Å². The van der Waals surface area contributed by atoms with Gasteiger partial charge in [-0.05, 0) is 79.5 Å². The smallest absolute Gasteiger partial charge is 0.243 e. The molecule has 1 aliphatic carbocycles. The van der Waals surface area contributed by atoms with E-state index in [1.54, 1.807) is 48.2 Å². The predicted molar refractivity (Wildman–Crippen MR) is 176 cm³/mol. The molecular weight excluding hydrogens is 594 g/mol. The molecule has 3 aromatic carbocycles. The lowest BCUT2D eigenvalue weighted by atomic mass is 9.97. The van der Waals surface area contributed by atoms with Crippen LogP contribution in [0.2, 0.25) is 5.02 Å². The maximum Gasteiger partial charge on any atom is 0.243 e. The molecule has 0 radical (unpaired) electrons. The molecule has 1 atom stereocenters. The first-order chi connectivity index (χ1) is 21.2. The zero-order valence-corrected chi connectivity index (χ0v) is 26.9. The molecular formula is C35H42ClN3O4S. The van der Waals surface area contributed by atoms with Crippen LogP contribution in [0, 0.1) is 0 Å². The molecule has 7 nitrogen and oxygen atoms in total. The van der Waals surface area contributed by atoms with Crippen LogP contribution in [0.15, 0.2) is 95.4 Å². The van der Waals surface area contributed by atoms with Gasteiger partial charge in [0.05, 0.1) is 4.90 Å². The average Bonchev–Trinajstić information content (AvgIpc) is 3.03. The molecule has 0 bridgehead atoms. The summed E-state index contributed by atoms with van der Waals surface area (Å²) in [7, 11) is -3.56. The van der Waals surface area contributed by atoms with E-state index in [0.717, 1.165) is 36.0 Å². The number of amides is 2. The van der Waals surface area contributed by atoms with Gasteiger partial charge in [0.15, 0.2) is 0 Å². The van der Waals surface area contributed by atoms with Crippen LogP contribution < -0.4 is 10.0 Å². The molecule has 0 aromatic heterocycles. The molecule has 2 N–H and O–H groups in total. The molecule has 3 aromatic rings. The van der Waals surface area contributed by atoms with Crippen LogP contribution in [-0.2, 0) is 39.0 Å². The number of carbonyl (C=O) groups excluding carboxylic acids is 2. The lowest BCUT2D eigenvalue weighted by Gasteiger charge is -2.32. The first kappa shape index (κ1) is 33.4. The third kappa shape index (κ3) is 10.0. The van der Waals surface area contributed by atoms with Crippen molar-refractivity contribution in [2.24, 2.45) is 0 Å². The largest absolute Gasteiger partial charge is 0.354 e. The van der Waals surface area contributed by atoms with Crippen molar-refractivity contribution in [2.75, 3.05) is 13.1 Å². The number of sulfonamides is 1. The van der Waals surface area contributed by atoms with Crippen LogP contribution in [0.25, 0.3) is 0 Å². The quantitative estimate of drug-likeness (QED) is 0.194. The number of aryl methyl sites for hydroxylation is 1. The Hall–Kier alpha value is -3.46. The second kappa shape index (κ2) is 16.6. The molecule has 44 heavy (non-hydrogen) atoms. The summed E-state index contributed by atoms with van der Waals surface area (Å²) in [6.45, 7) is 2.82. The van der Waals surface area contributed by atoms with Gasteiger partial charge in [-0.1, -0.05) is 84.8 Å². The van der Waals surface area contributed by atoms with E-state index in [0.29, 0.717) is 31.0 Å². The Morgan fingerprint density at radius 3 is 2.25 bits per heavy atom. The number of halogens is 1. The summed E-state index contributed by atoms with van der Waals surface area (Å²) < 4.78 is 27.1. The van der Waals surface area contributed by atoms with Gasteiger partial charge < -0.3 is 10.2 Å². The summed E-state index contributed by atoms with van der Waals surface area (Å²) in [6.07, 6.45) is 8.63. The Morgan fingerprint density at radius 1 is 0.886 bits per heavy atom. The van der Waals surface area contributed by atoms with E-state index in [2.05, 4.69) is 16.1 Å². The molecule has 0 heterocycles. The Labute approximate surface area is 266 Å². The van der Waals surface area contributed by atoms with E-state index in [1.165, 1.54) is 18.4 Å². The Balaban J connectivity index is 1.54. The standard InChI is InChI=1S/C35H42ClN3O4S/c1-2-38-44(42,43)32-20-15-28(16-21-32)17-22-34(40)39(26-30-13-18-31(36)19-14-30)33(25-29-11-7-4-8-12-29)35(41)37-24-23-27-9-5-3-6-10-27/h4,7-9,11-16,18-21,33,38H,2-3,5-6,10,17,22-26H2,1H3,(H,37,41)/t33-/m0/s1. The van der Waals surface area contributed by atoms with Gasteiger partial charge in [-0.2, -0.15) is 0 Å². The first-order valence-electron chi connectivity index (χ1n) is 15.4. The van der Waals surface area contributed by atoms with Crippen molar-refractivity contribution in [1.29, 1.82) is 0 Å². The molecule has 0 unspecified atom stereocenters. The SMILES string of the molecule is CCNS(=O)(=O)c1ccc(CCC(=O)N(Cc2ccc(Cl)cc2)[C@@H](Cc2ccccc2)C(=O)NCCC2=CCCCC2)cc1. The van der Waals surface area contributed by atoms with Crippen molar-refractivity contribution in [2.45, 2.75) is 75.8 Å². The Kier molecular flexibility index (Phi) is 12.6. The predicted octanol–water partition coefficient (Wildman–Crippen LogP) is 6.22. The third-order valence-corrected chi connectivity index (χ3v) is 9.68. The number of nitrogens with zero attached hydrogens (tertiary/aromatic N) is 1. The maximum absolute atomic E-state index is 14.0. The van der Waals surface area contributed by atoms with Crippen molar-refractivity contribution < 1.29 is 18.0 Å². The summed E-state index contributed by atoms with van der Waals surface area (Å²) in [5.41, 5.74) is 4.06. The van der Waals surface area contributed by atoms with E-state index >= 15 is 0 Å². The van der Waals surface area contributed by atoms with Gasteiger partial charge in [-0.15, -0.1) is 0 Å². The second-order valence-corrected chi connectivity index (χ2v) is 13.4. The molecule has 0 saturated heterocycles. The number of nitrogens with one attached hydrogen (secondary N) is 2. The van der Waals surface area contributed by atoms with Gasteiger partial charge in [-0.25, -0.2) is 13.1 Å². The summed E-state index contributed by atoms with van der Waals surface area (Å²) in [4.78, 5) is 29.7. The van der Waals surface area contributed by atoms with E-state index in [1.807, 2.05) is 42.5 Å². The molecule has 1 aliphatic rings. The number of rotatable bonds is 15. The van der Waals surface area contributed by atoms with Gasteiger partial charge in [0.2, 0.25) is 21.8 Å². The minimum atomic E-state index is -3.56. The van der Waals surface area contributed by atoms with Crippen molar-refractivity contribution in [3.63, 3.8) is 0 Å². The fourth-order valence-electron chi connectivity index (χ4n) is 5.44. The molecule has 4 rings (SSSR count). The highest BCUT2D eigenvalue weighted by Crippen LogP contribution is 2.21. The summed E-state index contributed by atoms with van der Waals surface area (Å²) in [5, 5.41) is 3.73. The van der Waals surface area contributed by atoms with Crippen molar-refractivity contribution in [3.8, 4) is 0 Å². The van der Waals surface area contributed by atoms with E-state index in [9.17, 15) is 18.0 Å². The highest BCUT2D eigenvalue weighted by molar-refractivity contribution is 7.89. The Bertz CT molecular complexity index is 1510. The normalized spacial score (nSPS) is 14.0. The highest BCUT2D eigenvalue weighted by atomic mass is 35.5. The molecule has 9 heteroatoms. The minimum Gasteiger partial charge on any atom is -0.354 e. The zero-order chi connectivity index (χ0) is 31.4. The summed E-state index contributed by atoms with van der Waals surface area (Å²) in [6, 6.07) is 22.9. The summed E-state index contributed by atoms with van der Waals surface area (Å²) in [5.74, 6) is -0.332. The van der Waals surface area contributed by atoms with Crippen LogP contribution in [0.1, 0.15) is 62.1 Å². The van der Waals surface area contributed by atoms with E-state index in [-0.39, 0.29) is 29.7 Å². The van der Waals surface area contributed by atoms with Crippen LogP contribution >= 0.6 is 11.6 Å².